The number of nitrogens with zero attached hydrogens (tertiary/aromatic N) is 2. The van der Waals surface area contributed by atoms with Gasteiger partial charge in [0.2, 0.25) is 0 Å². The molecule has 0 spiro atoms. The Morgan fingerprint density at radius 1 is 1.10 bits per heavy atom. The second-order valence-corrected chi connectivity index (χ2v) is 8.72. The summed E-state index contributed by atoms with van der Waals surface area (Å²) in [6.07, 6.45) is 11.5. The van der Waals surface area contributed by atoms with E-state index in [1.54, 1.807) is 6.21 Å². The molecule has 1 aliphatic heterocycles. The molecule has 5 nitrogen and oxygen atoms in total. The van der Waals surface area contributed by atoms with E-state index in [0.29, 0.717) is 19.4 Å². The first kappa shape index (κ1) is 24.5. The fourth-order valence-electron chi connectivity index (χ4n) is 4.10. The van der Waals surface area contributed by atoms with E-state index < -0.39 is 12.1 Å². The summed E-state index contributed by atoms with van der Waals surface area (Å²) in [6.45, 7) is 3.27. The van der Waals surface area contributed by atoms with Crippen molar-refractivity contribution < 1.29 is 14.7 Å². The summed E-state index contributed by atoms with van der Waals surface area (Å²) in [7, 11) is 1.98. The van der Waals surface area contributed by atoms with Gasteiger partial charge in [-0.1, -0.05) is 80.9 Å². The number of ketones is 1. The highest BCUT2D eigenvalue weighted by atomic mass is 16.6. The summed E-state index contributed by atoms with van der Waals surface area (Å²) in [6, 6.07) is 9.47. The largest absolute Gasteiger partial charge is 0.391 e. The molecule has 0 amide bonds. The van der Waals surface area contributed by atoms with E-state index in [1.165, 1.54) is 32.1 Å². The molecular weight excluding hydrogens is 376 g/mol. The van der Waals surface area contributed by atoms with Gasteiger partial charge in [0.15, 0.2) is 5.78 Å². The van der Waals surface area contributed by atoms with E-state index in [-0.39, 0.29) is 11.7 Å². The Morgan fingerprint density at radius 2 is 1.73 bits per heavy atom. The van der Waals surface area contributed by atoms with Crippen molar-refractivity contribution in [3.05, 3.63) is 35.9 Å². The molecule has 1 N–H and O–H groups in total. The zero-order chi connectivity index (χ0) is 21.6. The Morgan fingerprint density at radius 3 is 2.43 bits per heavy atom. The van der Waals surface area contributed by atoms with Crippen molar-refractivity contribution in [1.82, 2.24) is 4.90 Å². The first-order valence-corrected chi connectivity index (χ1v) is 11.7. The molecule has 0 saturated carbocycles. The van der Waals surface area contributed by atoms with Crippen LogP contribution in [0.4, 0.5) is 0 Å². The van der Waals surface area contributed by atoms with E-state index in [2.05, 4.69) is 10.1 Å². The van der Waals surface area contributed by atoms with Crippen LogP contribution in [0.5, 0.6) is 0 Å². The lowest BCUT2D eigenvalue weighted by Crippen LogP contribution is -2.50. The maximum Gasteiger partial charge on any atom is 0.152 e. The highest BCUT2D eigenvalue weighted by molar-refractivity contribution is 5.84. The molecule has 1 heterocycles. The number of benzene rings is 1. The number of hydrogen-bond acceptors (Lipinski definition) is 5. The van der Waals surface area contributed by atoms with Crippen LogP contribution in [0, 0.1) is 5.92 Å². The summed E-state index contributed by atoms with van der Waals surface area (Å²) in [5.74, 6) is 0.106. The lowest BCUT2D eigenvalue weighted by Gasteiger charge is -2.33. The van der Waals surface area contributed by atoms with Gasteiger partial charge >= 0.3 is 0 Å². The van der Waals surface area contributed by atoms with Crippen molar-refractivity contribution in [3.8, 4) is 0 Å². The number of rotatable bonds is 7. The maximum absolute atomic E-state index is 12.9. The van der Waals surface area contributed by atoms with E-state index in [4.69, 9.17) is 4.84 Å². The fraction of sp³-hybridized carbons (Fsp3) is 0.680. The second-order valence-electron chi connectivity index (χ2n) is 8.72. The summed E-state index contributed by atoms with van der Waals surface area (Å²) in [5, 5.41) is 15.0. The molecule has 1 unspecified atom stereocenters. The monoisotopic (exact) mass is 416 g/mol. The Balaban J connectivity index is 1.87. The molecule has 1 aromatic carbocycles. The third kappa shape index (κ3) is 8.97. The van der Waals surface area contributed by atoms with Crippen LogP contribution >= 0.6 is 0 Å². The number of carbonyl (C=O) groups is 1. The average Bonchev–Trinajstić information content (AvgIpc) is 2.76. The summed E-state index contributed by atoms with van der Waals surface area (Å²) in [4.78, 5) is 20.4. The number of carbonyl (C=O) groups excluding carboxylic acids is 1. The number of Topliss-reactive ketones (excluding diaryl/α,β-unsaturated/α-hetero) is 1. The molecule has 1 saturated heterocycles. The van der Waals surface area contributed by atoms with Gasteiger partial charge in [0, 0.05) is 12.6 Å². The van der Waals surface area contributed by atoms with Crippen LogP contribution in [0.2, 0.25) is 0 Å². The molecule has 1 aromatic rings. The van der Waals surface area contributed by atoms with E-state index in [9.17, 15) is 9.90 Å². The van der Waals surface area contributed by atoms with E-state index in [0.717, 1.165) is 31.4 Å². The molecule has 1 fully saturated rings. The van der Waals surface area contributed by atoms with Crippen molar-refractivity contribution in [2.75, 3.05) is 13.6 Å². The average molecular weight is 417 g/mol. The smallest absolute Gasteiger partial charge is 0.152 e. The highest BCUT2D eigenvalue weighted by Crippen LogP contribution is 2.20. The molecule has 3 atom stereocenters. The number of aliphatic hydroxyl groups excluding tert-OH is 1. The Bertz CT molecular complexity index is 620. The van der Waals surface area contributed by atoms with Gasteiger partial charge in [-0.15, -0.1) is 0 Å². The highest BCUT2D eigenvalue weighted by Gasteiger charge is 2.33. The first-order chi connectivity index (χ1) is 14.6. The third-order valence-corrected chi connectivity index (χ3v) is 6.10. The predicted octanol–water partition coefficient (Wildman–Crippen LogP) is 4.97. The molecule has 0 bridgehead atoms. The number of aliphatic hydroxyl groups is 1. The van der Waals surface area contributed by atoms with Gasteiger partial charge < -0.3 is 9.94 Å². The number of hydrogen-bond donors (Lipinski definition) is 1. The summed E-state index contributed by atoms with van der Waals surface area (Å²) >= 11 is 0. The topological polar surface area (TPSA) is 62.1 Å². The van der Waals surface area contributed by atoms with Crippen molar-refractivity contribution >= 4 is 12.0 Å². The molecule has 168 valence electrons. The molecule has 2 rings (SSSR count). The van der Waals surface area contributed by atoms with Gasteiger partial charge in [0.05, 0.1) is 12.1 Å². The van der Waals surface area contributed by atoms with Crippen LogP contribution in [0.3, 0.4) is 0 Å². The summed E-state index contributed by atoms with van der Waals surface area (Å²) in [5.41, 5.74) is 1.07. The fourth-order valence-corrected chi connectivity index (χ4v) is 4.10. The van der Waals surface area contributed by atoms with Crippen molar-refractivity contribution in [3.63, 3.8) is 0 Å². The Hall–Kier alpha value is -1.72. The van der Waals surface area contributed by atoms with Crippen LogP contribution in [-0.2, 0) is 16.2 Å². The molecule has 0 aromatic heterocycles. The van der Waals surface area contributed by atoms with Gasteiger partial charge in [-0.25, -0.2) is 0 Å². The normalized spacial score (nSPS) is 22.6. The number of oxime groups is 1. The van der Waals surface area contributed by atoms with Crippen LogP contribution in [0.1, 0.15) is 76.7 Å². The predicted molar refractivity (Wildman–Crippen MR) is 122 cm³/mol. The molecule has 1 aliphatic rings. The van der Waals surface area contributed by atoms with Gasteiger partial charge in [0.1, 0.15) is 6.61 Å². The van der Waals surface area contributed by atoms with Crippen LogP contribution < -0.4 is 0 Å². The molecule has 30 heavy (non-hydrogen) atoms. The zero-order valence-electron chi connectivity index (χ0n) is 18.8. The molecule has 5 heteroatoms. The SMILES string of the molecule is C[C@H](C/C=N/OCc1ccccc1)C(O)[C@H]1C(=O)CCCCCCCCCCN1C. The lowest BCUT2D eigenvalue weighted by atomic mass is 9.90. The van der Waals surface area contributed by atoms with Crippen molar-refractivity contribution in [2.45, 2.75) is 89.9 Å². The van der Waals surface area contributed by atoms with Crippen LogP contribution in [-0.4, -0.2) is 47.7 Å². The van der Waals surface area contributed by atoms with Crippen LogP contribution in [0.15, 0.2) is 35.5 Å². The van der Waals surface area contributed by atoms with Crippen molar-refractivity contribution in [1.29, 1.82) is 0 Å². The number of likely N-dealkylation sites (N-methyl/N-ethyl adjacent to an activating group) is 1. The van der Waals surface area contributed by atoms with Gasteiger partial charge in [-0.2, -0.15) is 0 Å². The minimum Gasteiger partial charge on any atom is -0.391 e. The maximum atomic E-state index is 12.9. The zero-order valence-corrected chi connectivity index (χ0v) is 18.8. The Labute approximate surface area is 182 Å². The van der Waals surface area contributed by atoms with Gasteiger partial charge in [-0.05, 0) is 44.3 Å². The quantitative estimate of drug-likeness (QED) is 0.503. The van der Waals surface area contributed by atoms with Gasteiger partial charge in [0.25, 0.3) is 0 Å². The van der Waals surface area contributed by atoms with E-state index >= 15 is 0 Å². The summed E-state index contributed by atoms with van der Waals surface area (Å²) < 4.78 is 0. The molecule has 0 aliphatic carbocycles. The van der Waals surface area contributed by atoms with Crippen LogP contribution in [0.25, 0.3) is 0 Å². The standard InChI is InChI=1S/C25H40N2O3/c1-21(17-18-26-30-20-22-14-10-9-11-15-22)25(29)24-23(28)16-12-7-5-3-4-6-8-13-19-27(24)2/h9-11,14-15,18,21,24-25,29H,3-8,12-13,16-17,19-20H2,1-2H3/b26-18+/t21-,24-,25?/m1/s1. The third-order valence-electron chi connectivity index (χ3n) is 6.10. The molecule has 0 radical (unpaired) electrons. The van der Waals surface area contributed by atoms with E-state index in [1.807, 2.05) is 44.3 Å². The minimum atomic E-state index is -0.701. The molecular formula is C25H40N2O3. The Kier molecular flexibility index (Phi) is 11.7. The second kappa shape index (κ2) is 14.3. The lowest BCUT2D eigenvalue weighted by molar-refractivity contribution is -0.129. The van der Waals surface area contributed by atoms with Crippen molar-refractivity contribution in [2.24, 2.45) is 11.1 Å². The minimum absolute atomic E-state index is 0.0684. The first-order valence-electron chi connectivity index (χ1n) is 11.7. The van der Waals surface area contributed by atoms with Gasteiger partial charge in [-0.3, -0.25) is 9.69 Å².